The summed E-state index contributed by atoms with van der Waals surface area (Å²) in [6, 6.07) is 0. The van der Waals surface area contributed by atoms with Crippen molar-refractivity contribution in [3.05, 3.63) is 23.5 Å². The Morgan fingerprint density at radius 3 is 3.00 bits per heavy atom. The van der Waals surface area contributed by atoms with E-state index in [1.54, 1.807) is 12.4 Å². The molecule has 2 aromatic rings. The molecule has 0 radical (unpaired) electrons. The minimum absolute atomic E-state index is 0.371. The van der Waals surface area contributed by atoms with E-state index in [1.165, 1.54) is 11.5 Å². The van der Waals surface area contributed by atoms with Crippen molar-refractivity contribution >= 4 is 17.4 Å². The third-order valence-electron chi connectivity index (χ3n) is 2.81. The summed E-state index contributed by atoms with van der Waals surface area (Å²) in [7, 11) is 0. The average Bonchev–Trinajstić information content (AvgIpc) is 3.00. The van der Waals surface area contributed by atoms with Gasteiger partial charge in [-0.3, -0.25) is 4.98 Å². The van der Waals surface area contributed by atoms with Crippen LogP contribution in [0.4, 0.5) is 5.82 Å². The molecule has 1 saturated heterocycles. The van der Waals surface area contributed by atoms with Gasteiger partial charge in [0.05, 0.1) is 12.4 Å². The van der Waals surface area contributed by atoms with E-state index < -0.39 is 0 Å². The summed E-state index contributed by atoms with van der Waals surface area (Å²) in [6.45, 7) is 4.19. The smallest absolute Gasteiger partial charge is 0.234 e. The predicted molar refractivity (Wildman–Crippen MR) is 71.4 cm³/mol. The van der Waals surface area contributed by atoms with Crippen molar-refractivity contribution in [3.8, 4) is 5.88 Å². The van der Waals surface area contributed by atoms with E-state index >= 15 is 0 Å². The zero-order valence-electron chi connectivity index (χ0n) is 10.3. The SMILES string of the molecule is c1snnc1COc1cncc(N2CCNCC2)n1. The van der Waals surface area contributed by atoms with Crippen LogP contribution in [0.15, 0.2) is 17.8 Å². The van der Waals surface area contributed by atoms with Crippen LogP contribution in [-0.4, -0.2) is 45.7 Å². The van der Waals surface area contributed by atoms with Crippen molar-refractivity contribution in [2.45, 2.75) is 6.61 Å². The number of nitrogens with one attached hydrogen (secondary N) is 1. The number of aromatic nitrogens is 4. The molecule has 0 aliphatic carbocycles. The lowest BCUT2D eigenvalue weighted by atomic mass is 10.3. The van der Waals surface area contributed by atoms with Gasteiger partial charge in [0.15, 0.2) is 5.82 Å². The maximum Gasteiger partial charge on any atom is 0.234 e. The molecule has 0 spiro atoms. The number of ether oxygens (including phenoxy) is 1. The minimum Gasteiger partial charge on any atom is -0.470 e. The van der Waals surface area contributed by atoms with Crippen LogP contribution in [0.25, 0.3) is 0 Å². The largest absolute Gasteiger partial charge is 0.470 e. The normalized spacial score (nSPS) is 15.5. The summed E-state index contributed by atoms with van der Waals surface area (Å²) < 4.78 is 9.36. The van der Waals surface area contributed by atoms with Gasteiger partial charge in [-0.05, 0) is 11.5 Å². The zero-order chi connectivity index (χ0) is 12.9. The highest BCUT2D eigenvalue weighted by atomic mass is 32.1. The molecule has 0 unspecified atom stereocenters. The van der Waals surface area contributed by atoms with Gasteiger partial charge >= 0.3 is 0 Å². The Bertz CT molecular complexity index is 514. The van der Waals surface area contributed by atoms with E-state index in [9.17, 15) is 0 Å². The second-order valence-corrected chi connectivity index (χ2v) is 4.75. The van der Waals surface area contributed by atoms with Crippen LogP contribution in [0.3, 0.4) is 0 Å². The van der Waals surface area contributed by atoms with Crippen LogP contribution in [-0.2, 0) is 6.61 Å². The molecule has 0 bridgehead atoms. The summed E-state index contributed by atoms with van der Waals surface area (Å²) >= 11 is 1.31. The first-order chi connectivity index (χ1) is 9.42. The fourth-order valence-corrected chi connectivity index (χ4v) is 2.28. The van der Waals surface area contributed by atoms with E-state index in [0.717, 1.165) is 37.7 Å². The average molecular weight is 278 g/mol. The zero-order valence-corrected chi connectivity index (χ0v) is 11.1. The van der Waals surface area contributed by atoms with E-state index in [1.807, 2.05) is 5.38 Å². The quantitative estimate of drug-likeness (QED) is 0.863. The van der Waals surface area contributed by atoms with Crippen LogP contribution in [0, 0.1) is 0 Å². The first-order valence-electron chi connectivity index (χ1n) is 6.08. The number of nitrogens with zero attached hydrogens (tertiary/aromatic N) is 5. The third kappa shape index (κ3) is 3.15. The van der Waals surface area contributed by atoms with E-state index in [4.69, 9.17) is 4.74 Å². The van der Waals surface area contributed by atoms with E-state index in [-0.39, 0.29) is 0 Å². The second-order valence-electron chi connectivity index (χ2n) is 4.14. The molecule has 0 amide bonds. The molecular weight excluding hydrogens is 264 g/mol. The Labute approximate surface area is 114 Å². The maximum atomic E-state index is 5.57. The van der Waals surface area contributed by atoms with Gasteiger partial charge in [-0.1, -0.05) is 4.49 Å². The second kappa shape index (κ2) is 5.89. The number of hydrogen-bond donors (Lipinski definition) is 1. The van der Waals surface area contributed by atoms with Gasteiger partial charge in [-0.15, -0.1) is 5.10 Å². The van der Waals surface area contributed by atoms with Crippen LogP contribution in [0.2, 0.25) is 0 Å². The highest BCUT2D eigenvalue weighted by Crippen LogP contribution is 2.15. The first kappa shape index (κ1) is 12.2. The van der Waals surface area contributed by atoms with Crippen molar-refractivity contribution in [3.63, 3.8) is 0 Å². The van der Waals surface area contributed by atoms with Crippen molar-refractivity contribution in [2.24, 2.45) is 0 Å². The van der Waals surface area contributed by atoms with Gasteiger partial charge in [-0.25, -0.2) is 0 Å². The summed E-state index contributed by atoms with van der Waals surface area (Å²) in [6.07, 6.45) is 3.38. The van der Waals surface area contributed by atoms with Gasteiger partial charge in [0, 0.05) is 31.6 Å². The summed E-state index contributed by atoms with van der Waals surface area (Å²) in [4.78, 5) is 10.8. The molecule has 0 saturated carbocycles. The molecule has 0 atom stereocenters. The molecule has 8 heteroatoms. The monoisotopic (exact) mass is 278 g/mol. The Morgan fingerprint density at radius 1 is 1.32 bits per heavy atom. The number of hydrogen-bond acceptors (Lipinski definition) is 8. The number of rotatable bonds is 4. The summed E-state index contributed by atoms with van der Waals surface area (Å²) in [5.74, 6) is 1.37. The van der Waals surface area contributed by atoms with Gasteiger partial charge < -0.3 is 15.0 Å². The van der Waals surface area contributed by atoms with Crippen LogP contribution in [0.1, 0.15) is 5.69 Å². The minimum atomic E-state index is 0.371. The molecule has 3 rings (SSSR count). The molecule has 3 heterocycles. The van der Waals surface area contributed by atoms with Crippen molar-refractivity contribution < 1.29 is 4.74 Å². The van der Waals surface area contributed by atoms with Gasteiger partial charge in [0.1, 0.15) is 12.3 Å². The Morgan fingerprint density at radius 2 is 2.21 bits per heavy atom. The predicted octanol–water partition coefficient (Wildman–Crippen LogP) is 0.317. The van der Waals surface area contributed by atoms with Crippen LogP contribution >= 0.6 is 11.5 Å². The van der Waals surface area contributed by atoms with Crippen molar-refractivity contribution in [2.75, 3.05) is 31.1 Å². The Hall–Kier alpha value is -1.80. The number of anilines is 1. The topological polar surface area (TPSA) is 76.1 Å². The summed E-state index contributed by atoms with van der Waals surface area (Å²) in [5.41, 5.74) is 0.805. The van der Waals surface area contributed by atoms with Gasteiger partial charge in [-0.2, -0.15) is 4.98 Å². The molecule has 7 nitrogen and oxygen atoms in total. The Kier molecular flexibility index (Phi) is 3.80. The van der Waals surface area contributed by atoms with Crippen molar-refractivity contribution in [1.29, 1.82) is 0 Å². The number of piperazine rings is 1. The molecular formula is C11H14N6OS. The molecule has 0 aromatic carbocycles. The van der Waals surface area contributed by atoms with Crippen LogP contribution in [0.5, 0.6) is 5.88 Å². The van der Waals surface area contributed by atoms with Crippen molar-refractivity contribution in [1.82, 2.24) is 24.9 Å². The van der Waals surface area contributed by atoms with E-state index in [2.05, 4.69) is 29.8 Å². The molecule has 1 aliphatic rings. The Balaban J connectivity index is 1.65. The highest BCUT2D eigenvalue weighted by molar-refractivity contribution is 7.03. The fourth-order valence-electron chi connectivity index (χ4n) is 1.85. The lowest BCUT2D eigenvalue weighted by Gasteiger charge is -2.28. The van der Waals surface area contributed by atoms with Gasteiger partial charge in [0.25, 0.3) is 0 Å². The standard InChI is InChI=1S/C11H14N6OS/c1-3-17(4-2-12-1)10-5-13-6-11(14-10)18-7-9-8-19-16-15-9/h5-6,8,12H,1-4,7H2. The fraction of sp³-hybridized carbons (Fsp3) is 0.455. The lowest BCUT2D eigenvalue weighted by Crippen LogP contribution is -2.43. The molecule has 1 N–H and O–H groups in total. The first-order valence-corrected chi connectivity index (χ1v) is 6.92. The molecule has 100 valence electrons. The molecule has 1 aliphatic heterocycles. The molecule has 19 heavy (non-hydrogen) atoms. The molecule has 1 fully saturated rings. The third-order valence-corrected chi connectivity index (χ3v) is 3.37. The van der Waals surface area contributed by atoms with Crippen LogP contribution < -0.4 is 15.0 Å². The van der Waals surface area contributed by atoms with E-state index in [0.29, 0.717) is 12.5 Å². The maximum absolute atomic E-state index is 5.57. The summed E-state index contributed by atoms with van der Waals surface area (Å²) in [5, 5.41) is 9.08. The lowest BCUT2D eigenvalue weighted by molar-refractivity contribution is 0.287. The molecule has 2 aromatic heterocycles. The van der Waals surface area contributed by atoms with Gasteiger partial charge in [0.2, 0.25) is 5.88 Å². The highest BCUT2D eigenvalue weighted by Gasteiger charge is 2.12.